The molecule has 1 aromatic carbocycles. The average Bonchev–Trinajstić information content (AvgIpc) is 3.18. The molecule has 3 fully saturated rings. The number of ketones is 1. The lowest BCUT2D eigenvalue weighted by atomic mass is 9.49. The zero-order valence-corrected chi connectivity index (χ0v) is 20.5. The van der Waals surface area contributed by atoms with Crippen molar-refractivity contribution in [3.05, 3.63) is 41.5 Å². The minimum absolute atomic E-state index is 0.132. The standard InChI is InChI=1S/C30H36O4/c1-4-29-16-14-25-24-13-9-22(31)18-21(24)8-12-26(25)27(29)15-17-30(29,5-2)34-28(32)19-33-23-10-6-20(3)7-11-23/h2,6-7,10-11,18,24-27H,4,8-9,12-17,19H2,1,3H3/t24?,25?,26?,27?,29-,30-/m0/s1. The van der Waals surface area contributed by atoms with Crippen molar-refractivity contribution in [2.75, 3.05) is 6.61 Å². The minimum Gasteiger partial charge on any atom is -0.482 e. The molecular weight excluding hydrogens is 424 g/mol. The Hall–Kier alpha value is -2.54. The molecule has 0 bridgehead atoms. The van der Waals surface area contributed by atoms with Crippen LogP contribution >= 0.6 is 0 Å². The first-order valence-electron chi connectivity index (χ1n) is 13.0. The Balaban J connectivity index is 1.33. The first-order chi connectivity index (χ1) is 16.4. The van der Waals surface area contributed by atoms with E-state index in [1.807, 2.05) is 37.3 Å². The van der Waals surface area contributed by atoms with Gasteiger partial charge in [-0.25, -0.2) is 4.79 Å². The molecule has 1 aromatic rings. The summed E-state index contributed by atoms with van der Waals surface area (Å²) in [6.07, 6.45) is 16.7. The zero-order chi connectivity index (χ0) is 23.9. The number of hydrogen-bond acceptors (Lipinski definition) is 4. The van der Waals surface area contributed by atoms with Crippen molar-refractivity contribution in [1.82, 2.24) is 0 Å². The summed E-state index contributed by atoms with van der Waals surface area (Å²) >= 11 is 0. The summed E-state index contributed by atoms with van der Waals surface area (Å²) in [7, 11) is 0. The van der Waals surface area contributed by atoms with E-state index in [9.17, 15) is 9.59 Å². The number of fused-ring (bicyclic) bond motifs is 5. The van der Waals surface area contributed by atoms with Crippen LogP contribution in [0.3, 0.4) is 0 Å². The van der Waals surface area contributed by atoms with E-state index in [1.54, 1.807) is 0 Å². The van der Waals surface area contributed by atoms with Crippen molar-refractivity contribution in [1.29, 1.82) is 0 Å². The summed E-state index contributed by atoms with van der Waals surface area (Å²) in [4.78, 5) is 24.9. The van der Waals surface area contributed by atoms with Crippen LogP contribution in [-0.2, 0) is 14.3 Å². The van der Waals surface area contributed by atoms with Crippen molar-refractivity contribution < 1.29 is 19.1 Å². The third-order valence-electron chi connectivity index (χ3n) is 9.65. The molecular formula is C30H36O4. The number of allylic oxidation sites excluding steroid dienone is 1. The maximum Gasteiger partial charge on any atom is 0.345 e. The summed E-state index contributed by atoms with van der Waals surface area (Å²) in [5.41, 5.74) is 1.50. The van der Waals surface area contributed by atoms with Crippen LogP contribution in [0.2, 0.25) is 0 Å². The monoisotopic (exact) mass is 460 g/mol. The van der Waals surface area contributed by atoms with Gasteiger partial charge in [-0.1, -0.05) is 36.1 Å². The second kappa shape index (κ2) is 8.91. The molecule has 0 saturated heterocycles. The highest BCUT2D eigenvalue weighted by atomic mass is 16.6. The maximum atomic E-state index is 13.0. The van der Waals surface area contributed by atoms with E-state index >= 15 is 0 Å². The van der Waals surface area contributed by atoms with Crippen LogP contribution in [0.25, 0.3) is 0 Å². The molecule has 0 heterocycles. The highest BCUT2D eigenvalue weighted by molar-refractivity contribution is 5.91. The maximum absolute atomic E-state index is 13.0. The predicted octanol–water partition coefficient (Wildman–Crippen LogP) is 5.82. The number of carbonyl (C=O) groups is 2. The van der Waals surface area contributed by atoms with Gasteiger partial charge < -0.3 is 9.47 Å². The molecule has 34 heavy (non-hydrogen) atoms. The Morgan fingerprint density at radius 2 is 1.88 bits per heavy atom. The van der Waals surface area contributed by atoms with E-state index in [1.165, 1.54) is 5.57 Å². The normalized spacial score (nSPS) is 36.4. The summed E-state index contributed by atoms with van der Waals surface area (Å²) in [6.45, 7) is 4.10. The fraction of sp³-hybridized carbons (Fsp3) is 0.600. The average molecular weight is 461 g/mol. The van der Waals surface area contributed by atoms with E-state index in [0.29, 0.717) is 41.6 Å². The van der Waals surface area contributed by atoms with Gasteiger partial charge >= 0.3 is 5.97 Å². The van der Waals surface area contributed by atoms with Crippen LogP contribution in [0.4, 0.5) is 0 Å². The number of terminal acetylenes is 1. The fourth-order valence-corrected chi connectivity index (χ4v) is 8.12. The molecule has 4 heteroatoms. The van der Waals surface area contributed by atoms with Crippen LogP contribution in [0, 0.1) is 48.4 Å². The molecule has 0 amide bonds. The van der Waals surface area contributed by atoms with Gasteiger partial charge in [-0.2, -0.15) is 0 Å². The molecule has 4 unspecified atom stereocenters. The Kier molecular flexibility index (Phi) is 6.09. The third kappa shape index (κ3) is 3.69. The second-order valence-electron chi connectivity index (χ2n) is 10.9. The number of rotatable bonds is 5. The van der Waals surface area contributed by atoms with E-state index in [4.69, 9.17) is 15.9 Å². The van der Waals surface area contributed by atoms with Crippen molar-refractivity contribution in [3.8, 4) is 18.1 Å². The van der Waals surface area contributed by atoms with Gasteiger partial charge in [-0.15, -0.1) is 6.42 Å². The molecule has 6 atom stereocenters. The van der Waals surface area contributed by atoms with Crippen molar-refractivity contribution in [2.45, 2.75) is 77.2 Å². The van der Waals surface area contributed by atoms with E-state index < -0.39 is 5.60 Å². The molecule has 4 nitrogen and oxygen atoms in total. The minimum atomic E-state index is -0.857. The largest absolute Gasteiger partial charge is 0.482 e. The van der Waals surface area contributed by atoms with Crippen molar-refractivity contribution >= 4 is 11.8 Å². The van der Waals surface area contributed by atoms with Crippen molar-refractivity contribution in [2.24, 2.45) is 29.1 Å². The van der Waals surface area contributed by atoms with Gasteiger partial charge in [0.05, 0.1) is 0 Å². The molecule has 0 spiro atoms. The number of carbonyl (C=O) groups excluding carboxylic acids is 2. The lowest BCUT2D eigenvalue weighted by molar-refractivity contribution is -0.175. The number of esters is 1. The van der Waals surface area contributed by atoms with Gasteiger partial charge in [0.2, 0.25) is 0 Å². The predicted molar refractivity (Wildman–Crippen MR) is 131 cm³/mol. The highest BCUT2D eigenvalue weighted by Gasteiger charge is 2.65. The molecule has 4 aliphatic carbocycles. The first-order valence-corrected chi connectivity index (χ1v) is 13.0. The lowest BCUT2D eigenvalue weighted by Gasteiger charge is -2.56. The fourth-order valence-electron chi connectivity index (χ4n) is 8.12. The third-order valence-corrected chi connectivity index (χ3v) is 9.65. The van der Waals surface area contributed by atoms with Crippen LogP contribution in [0.5, 0.6) is 5.75 Å². The SMILES string of the molecule is C#C[C@]1(OC(=O)COc2ccc(C)cc2)CCC2C3CCC4=CC(=O)CCC4C3CC[C@@]21CC. The number of ether oxygens (including phenoxy) is 2. The molecule has 5 rings (SSSR count). The smallest absolute Gasteiger partial charge is 0.345 e. The molecule has 0 radical (unpaired) electrons. The molecule has 0 aliphatic heterocycles. The van der Waals surface area contributed by atoms with Gasteiger partial charge in [-0.05, 0) is 100 Å². The Labute approximate surface area is 203 Å². The Bertz CT molecular complexity index is 1030. The lowest BCUT2D eigenvalue weighted by Crippen LogP contribution is -2.55. The van der Waals surface area contributed by atoms with Gasteiger partial charge in [-0.3, -0.25) is 4.79 Å². The van der Waals surface area contributed by atoms with Gasteiger partial charge in [0.25, 0.3) is 0 Å². The molecule has 4 aliphatic rings. The van der Waals surface area contributed by atoms with E-state index in [-0.39, 0.29) is 18.0 Å². The Morgan fingerprint density at radius 1 is 1.09 bits per heavy atom. The Morgan fingerprint density at radius 3 is 2.62 bits per heavy atom. The summed E-state index contributed by atoms with van der Waals surface area (Å²) in [6, 6.07) is 7.65. The van der Waals surface area contributed by atoms with Gasteiger partial charge in [0.1, 0.15) is 5.75 Å². The van der Waals surface area contributed by atoms with Crippen LogP contribution in [-0.4, -0.2) is 24.0 Å². The number of aryl methyl sites for hydroxylation is 1. The molecule has 0 aromatic heterocycles. The van der Waals surface area contributed by atoms with Gasteiger partial charge in [0, 0.05) is 11.8 Å². The zero-order valence-electron chi connectivity index (χ0n) is 20.5. The molecule has 0 N–H and O–H groups in total. The molecule has 3 saturated carbocycles. The van der Waals surface area contributed by atoms with Crippen LogP contribution in [0.15, 0.2) is 35.9 Å². The van der Waals surface area contributed by atoms with E-state index in [0.717, 1.165) is 56.9 Å². The van der Waals surface area contributed by atoms with Gasteiger partial charge in [0.15, 0.2) is 18.0 Å². The van der Waals surface area contributed by atoms with Crippen LogP contribution < -0.4 is 4.74 Å². The first kappa shape index (κ1) is 23.2. The second-order valence-corrected chi connectivity index (χ2v) is 10.9. The van der Waals surface area contributed by atoms with Crippen molar-refractivity contribution in [3.63, 3.8) is 0 Å². The summed E-state index contributed by atoms with van der Waals surface area (Å²) < 4.78 is 11.9. The summed E-state index contributed by atoms with van der Waals surface area (Å²) in [5.74, 6) is 5.84. The number of hydrogen-bond donors (Lipinski definition) is 0. The van der Waals surface area contributed by atoms with E-state index in [2.05, 4.69) is 12.8 Å². The topological polar surface area (TPSA) is 52.6 Å². The number of benzene rings is 1. The molecule has 180 valence electrons. The quantitative estimate of drug-likeness (QED) is 0.410. The summed E-state index contributed by atoms with van der Waals surface area (Å²) in [5, 5.41) is 0. The van der Waals surface area contributed by atoms with Crippen LogP contribution in [0.1, 0.15) is 70.3 Å². The highest BCUT2D eigenvalue weighted by Crippen LogP contribution is 2.67.